The van der Waals surface area contributed by atoms with Crippen molar-refractivity contribution in [1.29, 1.82) is 0 Å². The van der Waals surface area contributed by atoms with Gasteiger partial charge in [-0.25, -0.2) is 9.98 Å². The molecule has 0 bridgehead atoms. The van der Waals surface area contributed by atoms with E-state index in [1.807, 2.05) is 24.3 Å². The maximum Gasteiger partial charge on any atom is 0.261 e. The zero-order chi connectivity index (χ0) is 21.2. The number of benzene rings is 1. The fourth-order valence-electron chi connectivity index (χ4n) is 3.23. The summed E-state index contributed by atoms with van der Waals surface area (Å²) in [7, 11) is 0. The van der Waals surface area contributed by atoms with E-state index in [1.165, 1.54) is 0 Å². The first-order valence-corrected chi connectivity index (χ1v) is 10.7. The van der Waals surface area contributed by atoms with Gasteiger partial charge in [0.15, 0.2) is 5.82 Å². The molecule has 7 nitrogen and oxygen atoms in total. The number of aliphatic hydroxyl groups is 1. The van der Waals surface area contributed by atoms with E-state index in [2.05, 4.69) is 33.9 Å². The number of anilines is 2. The van der Waals surface area contributed by atoms with Crippen molar-refractivity contribution in [3.05, 3.63) is 48.0 Å². The van der Waals surface area contributed by atoms with Crippen LogP contribution in [0, 0.1) is 6.42 Å². The molecular formula is C23H30MoN5O2-. The number of carbonyl (C=O) groups is 1. The number of aromatic nitrogens is 2. The number of rotatable bonds is 9. The van der Waals surface area contributed by atoms with E-state index < -0.39 is 0 Å². The average molecular weight is 504 g/mol. The maximum absolute atomic E-state index is 12.9. The number of unbranched alkanes of at least 4 members (excludes halogenated alkanes) is 1. The Balaban J connectivity index is 0.00000341. The predicted octanol–water partition coefficient (Wildman–Crippen LogP) is 4.32. The van der Waals surface area contributed by atoms with E-state index in [0.29, 0.717) is 29.4 Å². The molecule has 1 aromatic heterocycles. The molecule has 1 heterocycles. The summed E-state index contributed by atoms with van der Waals surface area (Å²) in [5, 5.41) is 15.1. The van der Waals surface area contributed by atoms with Crippen LogP contribution in [0.3, 0.4) is 0 Å². The molecule has 0 unspecified atom stereocenters. The Bertz CT molecular complexity index is 863. The third kappa shape index (κ3) is 7.82. The number of hydrogen-bond donors (Lipinski definition) is 3. The molecule has 8 heteroatoms. The summed E-state index contributed by atoms with van der Waals surface area (Å²) < 4.78 is 0. The van der Waals surface area contributed by atoms with Gasteiger partial charge in [0.2, 0.25) is 5.95 Å². The summed E-state index contributed by atoms with van der Waals surface area (Å²) in [6.45, 7) is 3.01. The molecule has 0 atom stereocenters. The molecule has 166 valence electrons. The van der Waals surface area contributed by atoms with Crippen molar-refractivity contribution in [2.24, 2.45) is 4.99 Å². The largest absolute Gasteiger partial charge is 0.396 e. The fourth-order valence-corrected chi connectivity index (χ4v) is 3.23. The Morgan fingerprint density at radius 3 is 2.65 bits per heavy atom. The minimum absolute atomic E-state index is 0. The zero-order valence-electron chi connectivity index (χ0n) is 17.9. The third-order valence-electron chi connectivity index (χ3n) is 4.98. The third-order valence-corrected chi connectivity index (χ3v) is 4.98. The van der Waals surface area contributed by atoms with Crippen LogP contribution in [0.2, 0.25) is 0 Å². The number of nitrogens with zero attached hydrogens (tertiary/aromatic N) is 3. The van der Waals surface area contributed by atoms with Crippen LogP contribution in [0.1, 0.15) is 61.4 Å². The standard InChI is InChI=1S/C23H30N5O2.Mo/c1-2-3-14-24-23-25-16-20(21(28-23)26-18-7-5-4-6-8-18)22(30)27-19-11-9-17(10-12-19)13-15-29;/h4,9-12,16,29H,2-3,5-8,13-15H2,1H3,(H,27,30)(H,24,25,28);/q-1;. The van der Waals surface area contributed by atoms with Crippen molar-refractivity contribution < 1.29 is 31.0 Å². The van der Waals surface area contributed by atoms with Crippen molar-refractivity contribution in [2.75, 3.05) is 23.8 Å². The number of aliphatic imine (C=N–C) groups is 1. The van der Waals surface area contributed by atoms with Crippen molar-refractivity contribution in [2.45, 2.75) is 51.9 Å². The molecular weight excluding hydrogens is 474 g/mol. The van der Waals surface area contributed by atoms with Crippen molar-refractivity contribution >= 4 is 29.1 Å². The first-order chi connectivity index (χ1) is 14.7. The molecule has 3 N–H and O–H groups in total. The first-order valence-electron chi connectivity index (χ1n) is 10.7. The number of hydrogen-bond acceptors (Lipinski definition) is 6. The van der Waals surface area contributed by atoms with Crippen LogP contribution in [-0.2, 0) is 27.5 Å². The van der Waals surface area contributed by atoms with E-state index in [0.717, 1.165) is 56.3 Å². The topological polar surface area (TPSA) is 99.5 Å². The number of nitrogens with one attached hydrogen (secondary N) is 2. The number of carbonyl (C=O) groups excluding carboxylic acids is 1. The second-order valence-corrected chi connectivity index (χ2v) is 7.38. The van der Waals surface area contributed by atoms with Gasteiger partial charge in [0.1, 0.15) is 5.56 Å². The Labute approximate surface area is 198 Å². The summed E-state index contributed by atoms with van der Waals surface area (Å²) in [5.41, 5.74) is 3.12. The van der Waals surface area contributed by atoms with E-state index in [4.69, 9.17) is 10.1 Å². The SMILES string of the molecule is CCCCNc1ncc(C(=O)Nc2ccc(CCO)cc2)c(N=C2CC[CH-]CC2)n1.[Mo]. The minimum Gasteiger partial charge on any atom is -0.396 e. The molecule has 0 saturated heterocycles. The van der Waals surface area contributed by atoms with E-state index in [-0.39, 0.29) is 33.6 Å². The molecule has 1 amide bonds. The Morgan fingerprint density at radius 2 is 1.97 bits per heavy atom. The van der Waals surface area contributed by atoms with Crippen molar-refractivity contribution in [1.82, 2.24) is 9.97 Å². The smallest absolute Gasteiger partial charge is 0.261 e. The molecule has 2 aromatic rings. The van der Waals surface area contributed by atoms with Crippen molar-refractivity contribution in [3.8, 4) is 0 Å². The van der Waals surface area contributed by atoms with E-state index in [1.54, 1.807) is 6.20 Å². The maximum atomic E-state index is 12.9. The summed E-state index contributed by atoms with van der Waals surface area (Å²) in [6, 6.07) is 7.44. The van der Waals surface area contributed by atoms with Gasteiger partial charge in [-0.3, -0.25) is 4.79 Å². The summed E-state index contributed by atoms with van der Waals surface area (Å²) in [4.78, 5) is 26.5. The number of amides is 1. The Morgan fingerprint density at radius 1 is 1.23 bits per heavy atom. The minimum atomic E-state index is -0.285. The van der Waals surface area contributed by atoms with Crippen LogP contribution in [-0.4, -0.2) is 39.8 Å². The van der Waals surface area contributed by atoms with Crippen LogP contribution in [0.5, 0.6) is 0 Å². The van der Waals surface area contributed by atoms with Gasteiger partial charge < -0.3 is 22.2 Å². The van der Waals surface area contributed by atoms with Gasteiger partial charge in [0.25, 0.3) is 5.91 Å². The van der Waals surface area contributed by atoms with Gasteiger partial charge >= 0.3 is 0 Å². The molecule has 1 aliphatic rings. The summed E-state index contributed by atoms with van der Waals surface area (Å²) >= 11 is 0. The Hall–Kier alpha value is -2.11. The van der Waals surface area contributed by atoms with Crippen LogP contribution >= 0.6 is 0 Å². The van der Waals surface area contributed by atoms with E-state index in [9.17, 15) is 4.79 Å². The first kappa shape index (κ1) is 25.2. The quantitative estimate of drug-likeness (QED) is 0.268. The molecule has 31 heavy (non-hydrogen) atoms. The van der Waals surface area contributed by atoms with E-state index >= 15 is 0 Å². The molecule has 3 rings (SSSR count). The molecule has 1 aromatic carbocycles. The molecule has 1 fully saturated rings. The molecule has 0 radical (unpaired) electrons. The normalized spacial score (nSPS) is 13.3. The Kier molecular flexibility index (Phi) is 10.8. The van der Waals surface area contributed by atoms with Gasteiger partial charge in [-0.1, -0.05) is 25.5 Å². The summed E-state index contributed by atoms with van der Waals surface area (Å²) in [6.07, 6.45) is 10.3. The van der Waals surface area contributed by atoms with Crippen LogP contribution in [0.15, 0.2) is 35.5 Å². The van der Waals surface area contributed by atoms with Gasteiger partial charge in [-0.2, -0.15) is 17.8 Å². The van der Waals surface area contributed by atoms with Gasteiger partial charge in [0.05, 0.1) is 0 Å². The van der Waals surface area contributed by atoms with Gasteiger partial charge in [-0.15, -0.1) is 0 Å². The van der Waals surface area contributed by atoms with Crippen LogP contribution in [0.25, 0.3) is 0 Å². The predicted molar refractivity (Wildman–Crippen MR) is 120 cm³/mol. The van der Waals surface area contributed by atoms with Crippen molar-refractivity contribution in [3.63, 3.8) is 0 Å². The van der Waals surface area contributed by atoms with Gasteiger partial charge in [0, 0.05) is 51.8 Å². The van der Waals surface area contributed by atoms with Crippen LogP contribution in [0.4, 0.5) is 17.5 Å². The fraction of sp³-hybridized carbons (Fsp3) is 0.435. The number of aliphatic hydroxyl groups excluding tert-OH is 1. The molecule has 0 aliphatic heterocycles. The molecule has 1 saturated carbocycles. The monoisotopic (exact) mass is 506 g/mol. The second kappa shape index (κ2) is 13.3. The van der Waals surface area contributed by atoms with Gasteiger partial charge in [-0.05, 0) is 43.4 Å². The molecule has 1 aliphatic carbocycles. The van der Waals surface area contributed by atoms with Crippen LogP contribution < -0.4 is 10.6 Å². The zero-order valence-corrected chi connectivity index (χ0v) is 19.9. The summed E-state index contributed by atoms with van der Waals surface area (Å²) in [5.74, 6) is 0.622. The second-order valence-electron chi connectivity index (χ2n) is 7.38. The molecule has 0 spiro atoms. The average Bonchev–Trinajstić information content (AvgIpc) is 2.76.